The molecule has 1 rings (SSSR count). The molecule has 0 aliphatic carbocycles. The molecular weight excluding hydrogens is 208 g/mol. The van der Waals surface area contributed by atoms with Gasteiger partial charge in [0.15, 0.2) is 0 Å². The third-order valence-corrected chi connectivity index (χ3v) is 3.16. The highest BCUT2D eigenvalue weighted by Crippen LogP contribution is 2.20. The van der Waals surface area contributed by atoms with Gasteiger partial charge in [-0.1, -0.05) is 20.8 Å². The summed E-state index contributed by atoms with van der Waals surface area (Å²) in [4.78, 5) is 23.8. The van der Waals surface area contributed by atoms with Gasteiger partial charge in [-0.2, -0.15) is 0 Å². The number of urea groups is 1. The smallest absolute Gasteiger partial charge is 0.317 e. The first-order valence-electron chi connectivity index (χ1n) is 5.50. The van der Waals surface area contributed by atoms with Crippen LogP contribution in [0.25, 0.3) is 0 Å². The van der Waals surface area contributed by atoms with Crippen molar-refractivity contribution in [1.82, 2.24) is 10.2 Å². The van der Waals surface area contributed by atoms with E-state index < -0.39 is 11.9 Å². The van der Waals surface area contributed by atoms with Gasteiger partial charge in [0, 0.05) is 19.1 Å². The average molecular weight is 228 g/mol. The number of rotatable bonds is 2. The van der Waals surface area contributed by atoms with E-state index in [1.54, 1.807) is 0 Å². The third kappa shape index (κ3) is 2.87. The van der Waals surface area contributed by atoms with Crippen LogP contribution in [-0.4, -0.2) is 41.1 Å². The summed E-state index contributed by atoms with van der Waals surface area (Å²) in [6.45, 7) is 8.73. The lowest BCUT2D eigenvalue weighted by Gasteiger charge is -2.38. The molecule has 0 bridgehead atoms. The Hall–Kier alpha value is -1.26. The number of hydrogen-bond donors (Lipinski definition) is 2. The van der Waals surface area contributed by atoms with Gasteiger partial charge in [0.25, 0.3) is 0 Å². The molecule has 5 nitrogen and oxygen atoms in total. The largest absolute Gasteiger partial charge is 0.481 e. The fourth-order valence-electron chi connectivity index (χ4n) is 1.29. The molecule has 0 aromatic heterocycles. The Morgan fingerprint density at radius 3 is 2.25 bits per heavy atom. The molecule has 2 amide bonds. The zero-order valence-electron chi connectivity index (χ0n) is 10.3. The summed E-state index contributed by atoms with van der Waals surface area (Å²) in [6.07, 6.45) is 0. The predicted molar refractivity (Wildman–Crippen MR) is 60.1 cm³/mol. The minimum atomic E-state index is -0.826. The van der Waals surface area contributed by atoms with E-state index in [-0.39, 0.29) is 17.5 Å². The van der Waals surface area contributed by atoms with Crippen LogP contribution in [0.4, 0.5) is 4.79 Å². The topological polar surface area (TPSA) is 69.6 Å². The molecule has 1 saturated heterocycles. The van der Waals surface area contributed by atoms with Crippen LogP contribution in [0, 0.1) is 11.3 Å². The number of amides is 2. The number of likely N-dealkylation sites (tertiary alicyclic amines) is 1. The summed E-state index contributed by atoms with van der Waals surface area (Å²) >= 11 is 0. The van der Waals surface area contributed by atoms with Gasteiger partial charge in [0.1, 0.15) is 0 Å². The molecule has 0 aromatic carbocycles. The number of hydrogen-bond acceptors (Lipinski definition) is 2. The summed E-state index contributed by atoms with van der Waals surface area (Å²) in [5.41, 5.74) is 0.00667. The molecule has 1 atom stereocenters. The van der Waals surface area contributed by atoms with Crippen LogP contribution >= 0.6 is 0 Å². The molecule has 16 heavy (non-hydrogen) atoms. The lowest BCUT2D eigenvalue weighted by Crippen LogP contribution is -2.58. The Morgan fingerprint density at radius 1 is 1.38 bits per heavy atom. The van der Waals surface area contributed by atoms with Gasteiger partial charge in [-0.25, -0.2) is 4.79 Å². The highest BCUT2D eigenvalue weighted by Gasteiger charge is 2.36. The van der Waals surface area contributed by atoms with Gasteiger partial charge in [0.2, 0.25) is 0 Å². The maximum atomic E-state index is 11.7. The molecule has 0 saturated carbocycles. The number of carboxylic acids is 1. The lowest BCUT2D eigenvalue weighted by atomic mass is 9.88. The molecule has 0 radical (unpaired) electrons. The molecule has 0 aromatic rings. The van der Waals surface area contributed by atoms with Crippen molar-refractivity contribution in [3.8, 4) is 0 Å². The SMILES string of the molecule is CC(NC(=O)N1CC(C(=O)O)C1)C(C)(C)C. The second kappa shape index (κ2) is 4.31. The number of nitrogens with zero attached hydrogens (tertiary/aromatic N) is 1. The monoisotopic (exact) mass is 228 g/mol. The summed E-state index contributed by atoms with van der Waals surface area (Å²) in [7, 11) is 0. The third-order valence-electron chi connectivity index (χ3n) is 3.16. The van der Waals surface area contributed by atoms with E-state index in [2.05, 4.69) is 5.32 Å². The molecular formula is C11H20N2O3. The maximum Gasteiger partial charge on any atom is 0.317 e. The first kappa shape index (κ1) is 12.8. The van der Waals surface area contributed by atoms with Gasteiger partial charge >= 0.3 is 12.0 Å². The van der Waals surface area contributed by atoms with Gasteiger partial charge < -0.3 is 15.3 Å². The Bertz CT molecular complexity index is 290. The Morgan fingerprint density at radius 2 is 1.88 bits per heavy atom. The zero-order chi connectivity index (χ0) is 12.5. The van der Waals surface area contributed by atoms with Crippen LogP contribution in [0.15, 0.2) is 0 Å². The van der Waals surface area contributed by atoms with E-state index >= 15 is 0 Å². The molecule has 5 heteroatoms. The lowest BCUT2D eigenvalue weighted by molar-refractivity contribution is -0.146. The van der Waals surface area contributed by atoms with E-state index in [0.29, 0.717) is 13.1 Å². The van der Waals surface area contributed by atoms with Crippen molar-refractivity contribution in [1.29, 1.82) is 0 Å². The second-order valence-electron chi connectivity index (χ2n) is 5.48. The van der Waals surface area contributed by atoms with Crippen LogP contribution in [0.2, 0.25) is 0 Å². The van der Waals surface area contributed by atoms with E-state index in [4.69, 9.17) is 5.11 Å². The van der Waals surface area contributed by atoms with Crippen molar-refractivity contribution in [2.45, 2.75) is 33.7 Å². The van der Waals surface area contributed by atoms with Crippen LogP contribution in [0.5, 0.6) is 0 Å². The van der Waals surface area contributed by atoms with Crippen molar-refractivity contribution >= 4 is 12.0 Å². The van der Waals surface area contributed by atoms with E-state index in [9.17, 15) is 9.59 Å². The fraction of sp³-hybridized carbons (Fsp3) is 0.818. The number of carbonyl (C=O) groups excluding carboxylic acids is 1. The summed E-state index contributed by atoms with van der Waals surface area (Å²) < 4.78 is 0. The summed E-state index contributed by atoms with van der Waals surface area (Å²) in [5.74, 6) is -1.22. The Balaban J connectivity index is 2.36. The van der Waals surface area contributed by atoms with Crippen molar-refractivity contribution in [2.75, 3.05) is 13.1 Å². The van der Waals surface area contributed by atoms with E-state index in [1.807, 2.05) is 27.7 Å². The Kier molecular flexibility index (Phi) is 3.45. The minimum Gasteiger partial charge on any atom is -0.481 e. The first-order valence-corrected chi connectivity index (χ1v) is 5.50. The molecule has 1 heterocycles. The molecule has 1 aliphatic rings. The van der Waals surface area contributed by atoms with E-state index in [0.717, 1.165) is 0 Å². The van der Waals surface area contributed by atoms with Crippen molar-refractivity contribution < 1.29 is 14.7 Å². The fourth-order valence-corrected chi connectivity index (χ4v) is 1.29. The molecule has 2 N–H and O–H groups in total. The van der Waals surface area contributed by atoms with Crippen LogP contribution in [0.1, 0.15) is 27.7 Å². The number of carboxylic acid groups (broad SMARTS) is 1. The van der Waals surface area contributed by atoms with Crippen molar-refractivity contribution in [3.05, 3.63) is 0 Å². The highest BCUT2D eigenvalue weighted by atomic mass is 16.4. The van der Waals surface area contributed by atoms with Gasteiger partial charge in [-0.05, 0) is 12.3 Å². The summed E-state index contributed by atoms with van der Waals surface area (Å²) in [6, 6.07) is -0.108. The van der Waals surface area contributed by atoms with Crippen LogP contribution in [-0.2, 0) is 4.79 Å². The molecule has 1 aliphatic heterocycles. The minimum absolute atomic E-state index is 0.00667. The number of aliphatic carboxylic acids is 1. The Labute approximate surface area is 95.8 Å². The van der Waals surface area contributed by atoms with Crippen LogP contribution < -0.4 is 5.32 Å². The summed E-state index contributed by atoms with van der Waals surface area (Å²) in [5, 5.41) is 11.6. The van der Waals surface area contributed by atoms with Crippen LogP contribution in [0.3, 0.4) is 0 Å². The van der Waals surface area contributed by atoms with E-state index in [1.165, 1.54) is 4.90 Å². The predicted octanol–water partition coefficient (Wildman–Crippen LogP) is 1.15. The first-order chi connectivity index (χ1) is 7.21. The second-order valence-corrected chi connectivity index (χ2v) is 5.48. The van der Waals surface area contributed by atoms with Gasteiger partial charge in [0.05, 0.1) is 5.92 Å². The average Bonchev–Trinajstić information content (AvgIpc) is 1.97. The standard InChI is InChI=1S/C11H20N2O3/c1-7(11(2,3)4)12-10(16)13-5-8(6-13)9(14)15/h7-8H,5-6H2,1-4H3,(H,12,16)(H,14,15). The molecule has 0 spiro atoms. The van der Waals surface area contributed by atoms with Crippen molar-refractivity contribution in [2.24, 2.45) is 11.3 Å². The zero-order valence-corrected chi connectivity index (χ0v) is 10.3. The van der Waals surface area contributed by atoms with Crippen molar-refractivity contribution in [3.63, 3.8) is 0 Å². The normalized spacial score (nSPS) is 18.9. The maximum absolute atomic E-state index is 11.7. The molecule has 1 fully saturated rings. The number of carbonyl (C=O) groups is 2. The van der Waals surface area contributed by atoms with Gasteiger partial charge in [-0.15, -0.1) is 0 Å². The highest BCUT2D eigenvalue weighted by molar-refractivity contribution is 5.79. The molecule has 1 unspecified atom stereocenters. The quantitative estimate of drug-likeness (QED) is 0.744. The number of nitrogens with one attached hydrogen (secondary N) is 1. The van der Waals surface area contributed by atoms with Gasteiger partial charge in [-0.3, -0.25) is 4.79 Å². The molecule has 92 valence electrons.